The molecule has 0 radical (unpaired) electrons. The molecule has 0 aliphatic heterocycles. The number of nitrogens with one attached hydrogen (secondary N) is 1. The van der Waals surface area contributed by atoms with Crippen LogP contribution in [0.1, 0.15) is 29.0 Å². The van der Waals surface area contributed by atoms with Crippen molar-refractivity contribution in [2.45, 2.75) is 13.0 Å². The maximum Gasteiger partial charge on any atom is 0.356 e. The average Bonchev–Trinajstić information content (AvgIpc) is 2.47. The molecular weight excluding hydrogens is 256 g/mol. The third kappa shape index (κ3) is 3.06. The van der Waals surface area contributed by atoms with Crippen molar-refractivity contribution in [1.82, 2.24) is 4.98 Å². The molecule has 2 rings (SSSR count). The van der Waals surface area contributed by atoms with Crippen LogP contribution in [0.15, 0.2) is 42.6 Å². The van der Waals surface area contributed by atoms with Crippen molar-refractivity contribution < 1.29 is 14.6 Å². The molecule has 1 aromatic carbocycles. The third-order valence-electron chi connectivity index (χ3n) is 3.00. The fourth-order valence-electron chi connectivity index (χ4n) is 1.90. The highest BCUT2D eigenvalue weighted by Gasteiger charge is 2.13. The van der Waals surface area contributed by atoms with E-state index in [9.17, 15) is 4.79 Å². The van der Waals surface area contributed by atoms with E-state index in [1.165, 1.54) is 6.20 Å². The average molecular weight is 272 g/mol. The quantitative estimate of drug-likeness (QED) is 0.875. The van der Waals surface area contributed by atoms with Crippen LogP contribution in [-0.2, 0) is 0 Å². The SMILES string of the molecule is COc1ccc(C(C)Nc2cccnc2C(=O)O)cc1. The summed E-state index contributed by atoms with van der Waals surface area (Å²) in [5.41, 5.74) is 1.56. The van der Waals surface area contributed by atoms with Crippen LogP contribution in [0, 0.1) is 0 Å². The van der Waals surface area contributed by atoms with Crippen LogP contribution >= 0.6 is 0 Å². The standard InChI is InChI=1S/C15H16N2O3/c1-10(11-5-7-12(20-2)8-6-11)17-13-4-3-9-16-14(13)15(18)19/h3-10,17H,1-2H3,(H,18,19). The second kappa shape index (κ2) is 6.06. The normalized spacial score (nSPS) is 11.7. The number of aromatic nitrogens is 1. The van der Waals surface area contributed by atoms with Gasteiger partial charge >= 0.3 is 5.97 Å². The van der Waals surface area contributed by atoms with E-state index in [-0.39, 0.29) is 11.7 Å². The lowest BCUT2D eigenvalue weighted by Gasteiger charge is -2.17. The summed E-state index contributed by atoms with van der Waals surface area (Å²) in [6.45, 7) is 1.96. The molecule has 1 atom stereocenters. The Bertz CT molecular complexity index is 596. The highest BCUT2D eigenvalue weighted by atomic mass is 16.5. The molecule has 5 nitrogen and oxygen atoms in total. The Labute approximate surface area is 117 Å². The number of aromatic carboxylic acids is 1. The Morgan fingerprint density at radius 1 is 1.30 bits per heavy atom. The Kier molecular flexibility index (Phi) is 4.20. The summed E-state index contributed by atoms with van der Waals surface area (Å²) in [7, 11) is 1.62. The Hall–Kier alpha value is -2.56. The van der Waals surface area contributed by atoms with Crippen LogP contribution in [0.3, 0.4) is 0 Å². The van der Waals surface area contributed by atoms with E-state index in [2.05, 4.69) is 10.3 Å². The molecule has 0 amide bonds. The molecule has 104 valence electrons. The van der Waals surface area contributed by atoms with Crippen molar-refractivity contribution in [3.05, 3.63) is 53.9 Å². The first kappa shape index (κ1) is 13.9. The second-order valence-corrected chi connectivity index (χ2v) is 4.34. The minimum absolute atomic E-state index is 0.0212. The molecule has 1 unspecified atom stereocenters. The van der Waals surface area contributed by atoms with Gasteiger partial charge in [-0.15, -0.1) is 0 Å². The van der Waals surface area contributed by atoms with E-state index in [1.54, 1.807) is 19.2 Å². The van der Waals surface area contributed by atoms with Crippen molar-refractivity contribution in [1.29, 1.82) is 0 Å². The van der Waals surface area contributed by atoms with Gasteiger partial charge in [0.05, 0.1) is 12.8 Å². The van der Waals surface area contributed by atoms with E-state index >= 15 is 0 Å². The third-order valence-corrected chi connectivity index (χ3v) is 3.00. The number of carboxylic acid groups (broad SMARTS) is 1. The molecule has 2 aromatic rings. The molecule has 1 aromatic heterocycles. The summed E-state index contributed by atoms with van der Waals surface area (Å²) in [5, 5.41) is 12.3. The zero-order chi connectivity index (χ0) is 14.5. The van der Waals surface area contributed by atoms with Crippen molar-refractivity contribution in [2.24, 2.45) is 0 Å². The lowest BCUT2D eigenvalue weighted by molar-refractivity contribution is 0.0691. The van der Waals surface area contributed by atoms with Gasteiger partial charge in [0.1, 0.15) is 5.75 Å². The molecule has 2 N–H and O–H groups in total. The molecule has 20 heavy (non-hydrogen) atoms. The number of hydrogen-bond donors (Lipinski definition) is 2. The predicted molar refractivity (Wildman–Crippen MR) is 76.2 cm³/mol. The Balaban J connectivity index is 2.18. The van der Waals surface area contributed by atoms with Crippen molar-refractivity contribution in [3.63, 3.8) is 0 Å². The number of ether oxygens (including phenoxy) is 1. The summed E-state index contributed by atoms with van der Waals surface area (Å²) in [4.78, 5) is 15.0. The van der Waals surface area contributed by atoms with Crippen LogP contribution in [-0.4, -0.2) is 23.2 Å². The van der Waals surface area contributed by atoms with Gasteiger partial charge in [-0.2, -0.15) is 0 Å². The maximum atomic E-state index is 11.1. The van der Waals surface area contributed by atoms with Crippen molar-refractivity contribution >= 4 is 11.7 Å². The first-order chi connectivity index (χ1) is 9.61. The van der Waals surface area contributed by atoms with E-state index in [0.29, 0.717) is 5.69 Å². The minimum atomic E-state index is -1.05. The van der Waals surface area contributed by atoms with Crippen molar-refractivity contribution in [3.8, 4) is 5.75 Å². The van der Waals surface area contributed by atoms with Gasteiger partial charge in [0.25, 0.3) is 0 Å². The van der Waals surface area contributed by atoms with Gasteiger partial charge in [-0.3, -0.25) is 0 Å². The van der Waals surface area contributed by atoms with Crippen molar-refractivity contribution in [2.75, 3.05) is 12.4 Å². The van der Waals surface area contributed by atoms with E-state index in [4.69, 9.17) is 9.84 Å². The number of methoxy groups -OCH3 is 1. The van der Waals surface area contributed by atoms with Gasteiger partial charge in [-0.1, -0.05) is 12.1 Å². The molecule has 1 heterocycles. The molecule has 0 saturated heterocycles. The number of carboxylic acids is 1. The van der Waals surface area contributed by atoms with E-state index in [0.717, 1.165) is 11.3 Å². The fourth-order valence-corrected chi connectivity index (χ4v) is 1.90. The first-order valence-corrected chi connectivity index (χ1v) is 6.20. The number of pyridine rings is 1. The summed E-state index contributed by atoms with van der Waals surface area (Å²) in [6, 6.07) is 11.0. The molecule has 0 aliphatic rings. The number of hydrogen-bond acceptors (Lipinski definition) is 4. The van der Waals surface area contributed by atoms with Crippen LogP contribution < -0.4 is 10.1 Å². The number of carbonyl (C=O) groups is 1. The number of nitrogens with zero attached hydrogens (tertiary/aromatic N) is 1. The fraction of sp³-hybridized carbons (Fsp3) is 0.200. The van der Waals surface area contributed by atoms with Gasteiger partial charge in [0, 0.05) is 12.2 Å². The summed E-state index contributed by atoms with van der Waals surface area (Å²) in [6.07, 6.45) is 1.46. The maximum absolute atomic E-state index is 11.1. The largest absolute Gasteiger partial charge is 0.497 e. The predicted octanol–water partition coefficient (Wildman–Crippen LogP) is 2.96. The zero-order valence-corrected chi connectivity index (χ0v) is 11.3. The van der Waals surface area contributed by atoms with Crippen LogP contribution in [0.4, 0.5) is 5.69 Å². The van der Waals surface area contributed by atoms with Gasteiger partial charge in [0.15, 0.2) is 5.69 Å². The molecule has 0 fully saturated rings. The van der Waals surface area contributed by atoms with Gasteiger partial charge in [0.2, 0.25) is 0 Å². The zero-order valence-electron chi connectivity index (χ0n) is 11.3. The number of rotatable bonds is 5. The monoisotopic (exact) mass is 272 g/mol. The molecule has 0 aliphatic carbocycles. The van der Waals surface area contributed by atoms with E-state index < -0.39 is 5.97 Å². The Morgan fingerprint density at radius 2 is 2.00 bits per heavy atom. The van der Waals surface area contributed by atoms with E-state index in [1.807, 2.05) is 31.2 Å². The lowest BCUT2D eigenvalue weighted by atomic mass is 10.1. The summed E-state index contributed by atoms with van der Waals surface area (Å²) >= 11 is 0. The molecule has 0 bridgehead atoms. The van der Waals surface area contributed by atoms with Crippen LogP contribution in [0.2, 0.25) is 0 Å². The van der Waals surface area contributed by atoms with Crippen LogP contribution in [0.5, 0.6) is 5.75 Å². The topological polar surface area (TPSA) is 71.5 Å². The lowest BCUT2D eigenvalue weighted by Crippen LogP contribution is -2.11. The molecule has 5 heteroatoms. The smallest absolute Gasteiger partial charge is 0.356 e. The highest BCUT2D eigenvalue weighted by Crippen LogP contribution is 2.23. The van der Waals surface area contributed by atoms with Gasteiger partial charge in [-0.05, 0) is 36.8 Å². The first-order valence-electron chi connectivity index (χ1n) is 6.20. The Morgan fingerprint density at radius 3 is 2.60 bits per heavy atom. The number of anilines is 1. The number of benzene rings is 1. The molecular formula is C15H16N2O3. The molecule has 0 saturated carbocycles. The van der Waals surface area contributed by atoms with Crippen LogP contribution in [0.25, 0.3) is 0 Å². The van der Waals surface area contributed by atoms with Gasteiger partial charge < -0.3 is 15.2 Å². The van der Waals surface area contributed by atoms with Gasteiger partial charge in [-0.25, -0.2) is 9.78 Å². The minimum Gasteiger partial charge on any atom is -0.497 e. The second-order valence-electron chi connectivity index (χ2n) is 4.34. The highest BCUT2D eigenvalue weighted by molar-refractivity contribution is 5.91. The molecule has 0 spiro atoms. The summed E-state index contributed by atoms with van der Waals surface area (Å²) in [5.74, 6) is -0.261. The summed E-state index contributed by atoms with van der Waals surface area (Å²) < 4.78 is 5.11.